The topological polar surface area (TPSA) is 76.3 Å². The maximum absolute atomic E-state index is 11.9. The van der Waals surface area contributed by atoms with Crippen molar-refractivity contribution in [1.82, 2.24) is 24.2 Å². The molecule has 26 heavy (non-hydrogen) atoms. The van der Waals surface area contributed by atoms with Gasteiger partial charge in [-0.15, -0.1) is 0 Å². The summed E-state index contributed by atoms with van der Waals surface area (Å²) in [5.41, 5.74) is -0.720. The Balaban J connectivity index is 1.41. The number of halogens is 1. The van der Waals surface area contributed by atoms with Gasteiger partial charge < -0.3 is 4.90 Å². The molecule has 0 aliphatic carbocycles. The molecule has 2 aromatic heterocycles. The molecule has 3 rings (SSSR count). The zero-order valence-electron chi connectivity index (χ0n) is 14.8. The highest BCUT2D eigenvalue weighted by Crippen LogP contribution is 2.15. The fourth-order valence-electron chi connectivity index (χ4n) is 3.05. The first-order valence-corrected chi connectivity index (χ1v) is 9.85. The lowest BCUT2D eigenvalue weighted by Crippen LogP contribution is -2.47. The lowest BCUT2D eigenvalue weighted by atomic mass is 10.2. The zero-order chi connectivity index (χ0) is 18.5. The molecule has 1 aliphatic heterocycles. The van der Waals surface area contributed by atoms with Crippen molar-refractivity contribution >= 4 is 28.4 Å². The van der Waals surface area contributed by atoms with Crippen LogP contribution >= 0.6 is 22.6 Å². The molecule has 1 aliphatic rings. The van der Waals surface area contributed by atoms with E-state index in [1.807, 2.05) is 12.1 Å². The maximum Gasteiger partial charge on any atom is 0.347 e. The van der Waals surface area contributed by atoms with Crippen molar-refractivity contribution < 1.29 is 0 Å². The quantitative estimate of drug-likeness (QED) is 0.354. The maximum atomic E-state index is 11.9. The van der Waals surface area contributed by atoms with Crippen LogP contribution in [0.4, 0.5) is 5.82 Å². The van der Waals surface area contributed by atoms with Crippen LogP contribution in [0.2, 0.25) is 0 Å². The zero-order valence-corrected chi connectivity index (χ0v) is 17.0. The molecular formula is C17H23IN6O2. The summed E-state index contributed by atoms with van der Waals surface area (Å²) in [5.74, 6) is 1.05. The molecule has 0 N–H and O–H groups in total. The van der Waals surface area contributed by atoms with Crippen LogP contribution in [0.1, 0.15) is 12.8 Å². The van der Waals surface area contributed by atoms with Gasteiger partial charge in [-0.25, -0.2) is 14.5 Å². The van der Waals surface area contributed by atoms with Gasteiger partial charge in [0.15, 0.2) is 0 Å². The number of anilines is 1. The van der Waals surface area contributed by atoms with Gasteiger partial charge in [0.25, 0.3) is 5.56 Å². The van der Waals surface area contributed by atoms with Crippen LogP contribution < -0.4 is 16.1 Å². The lowest BCUT2D eigenvalue weighted by molar-refractivity contribution is 0.249. The second-order valence-corrected chi connectivity index (χ2v) is 7.51. The fraction of sp³-hybridized carbons (Fsp3) is 0.529. The SMILES string of the molecule is Cn1c(=O)cnn(CCCCN2CCN(c3cccc([120I])n3)CC2)c1=O. The summed E-state index contributed by atoms with van der Waals surface area (Å²) >= 11 is 2.24. The molecule has 0 atom stereocenters. The lowest BCUT2D eigenvalue weighted by Gasteiger charge is -2.35. The highest BCUT2D eigenvalue weighted by atomic mass is 120. The third kappa shape index (κ3) is 4.70. The van der Waals surface area contributed by atoms with Gasteiger partial charge in [-0.05, 0) is 54.1 Å². The van der Waals surface area contributed by atoms with E-state index in [9.17, 15) is 9.59 Å². The van der Waals surface area contributed by atoms with E-state index in [0.29, 0.717) is 6.54 Å². The van der Waals surface area contributed by atoms with Crippen LogP contribution in [-0.2, 0) is 13.6 Å². The third-order valence-corrected chi connectivity index (χ3v) is 5.24. The first-order chi connectivity index (χ1) is 12.5. The van der Waals surface area contributed by atoms with E-state index >= 15 is 0 Å². The number of aryl methyl sites for hydroxylation is 1. The highest BCUT2D eigenvalue weighted by Gasteiger charge is 2.17. The van der Waals surface area contributed by atoms with E-state index in [0.717, 1.165) is 59.7 Å². The summed E-state index contributed by atoms with van der Waals surface area (Å²) in [7, 11) is 1.48. The standard InChI is InChI=1S/C17H23IN6O2/c1-21-16(25)13-19-24(17(21)26)8-3-2-7-22-9-11-23(12-10-22)15-6-4-5-14(18)20-15/h4-6,13H,2-3,7-12H2,1H3/i18-7. The molecule has 3 heterocycles. The summed E-state index contributed by atoms with van der Waals surface area (Å²) in [6.07, 6.45) is 3.06. The third-order valence-electron chi connectivity index (χ3n) is 4.64. The van der Waals surface area contributed by atoms with Crippen LogP contribution in [0.3, 0.4) is 0 Å². The second-order valence-electron chi connectivity index (χ2n) is 6.40. The number of pyridine rings is 1. The van der Waals surface area contributed by atoms with E-state index in [-0.39, 0.29) is 11.2 Å². The summed E-state index contributed by atoms with van der Waals surface area (Å²) < 4.78 is 3.47. The molecule has 2 aromatic rings. The Morgan fingerprint density at radius 3 is 2.54 bits per heavy atom. The molecule has 0 bridgehead atoms. The number of rotatable bonds is 6. The van der Waals surface area contributed by atoms with Crippen molar-refractivity contribution in [1.29, 1.82) is 0 Å². The predicted octanol–water partition coefficient (Wildman–Crippen LogP) is 0.544. The van der Waals surface area contributed by atoms with Crippen molar-refractivity contribution in [3.63, 3.8) is 0 Å². The van der Waals surface area contributed by atoms with Crippen LogP contribution in [0, 0.1) is 3.70 Å². The van der Waals surface area contributed by atoms with Gasteiger partial charge in [-0.2, -0.15) is 5.10 Å². The Morgan fingerprint density at radius 1 is 1.08 bits per heavy atom. The predicted molar refractivity (Wildman–Crippen MR) is 109 cm³/mol. The van der Waals surface area contributed by atoms with Gasteiger partial charge in [0.2, 0.25) is 0 Å². The number of hydrogen-bond donors (Lipinski definition) is 0. The van der Waals surface area contributed by atoms with Gasteiger partial charge in [0.05, 0.1) is 0 Å². The molecule has 140 valence electrons. The molecule has 1 saturated heterocycles. The van der Waals surface area contributed by atoms with Crippen molar-refractivity contribution in [2.75, 3.05) is 37.6 Å². The van der Waals surface area contributed by atoms with Gasteiger partial charge in [-0.1, -0.05) is 6.07 Å². The average molecular weight is 463 g/mol. The van der Waals surface area contributed by atoms with Gasteiger partial charge in [0.1, 0.15) is 15.7 Å². The van der Waals surface area contributed by atoms with E-state index < -0.39 is 0 Å². The van der Waals surface area contributed by atoms with E-state index in [1.165, 1.54) is 17.9 Å². The number of nitrogens with zero attached hydrogens (tertiary/aromatic N) is 6. The van der Waals surface area contributed by atoms with Crippen LogP contribution in [-0.4, -0.2) is 57.0 Å². The Kier molecular flexibility index (Phi) is 6.41. The Bertz CT molecular complexity index is 857. The van der Waals surface area contributed by atoms with E-state index in [4.69, 9.17) is 0 Å². The Hall–Kier alpha value is -1.75. The second kappa shape index (κ2) is 8.76. The molecule has 8 nitrogen and oxygen atoms in total. The monoisotopic (exact) mass is 463 g/mol. The normalized spacial score (nSPS) is 15.4. The molecule has 0 saturated carbocycles. The van der Waals surface area contributed by atoms with Crippen LogP contribution in [0.15, 0.2) is 34.0 Å². The van der Waals surface area contributed by atoms with Crippen LogP contribution in [0.25, 0.3) is 0 Å². The van der Waals surface area contributed by atoms with Crippen molar-refractivity contribution in [2.24, 2.45) is 7.05 Å². The Labute approximate surface area is 165 Å². The Morgan fingerprint density at radius 2 is 1.81 bits per heavy atom. The minimum absolute atomic E-state index is 0.351. The molecule has 1 fully saturated rings. The van der Waals surface area contributed by atoms with E-state index in [1.54, 1.807) is 0 Å². The van der Waals surface area contributed by atoms with Crippen LogP contribution in [0.5, 0.6) is 0 Å². The number of unbranched alkanes of at least 4 members (excludes halogenated alkanes) is 1. The summed E-state index contributed by atoms with van der Waals surface area (Å²) in [4.78, 5) is 32.6. The molecule has 0 amide bonds. The summed E-state index contributed by atoms with van der Waals surface area (Å²) in [5, 5.41) is 3.92. The van der Waals surface area contributed by atoms with Crippen molar-refractivity contribution in [3.8, 4) is 0 Å². The van der Waals surface area contributed by atoms with Gasteiger partial charge in [0, 0.05) is 39.8 Å². The molecule has 0 aromatic carbocycles. The highest BCUT2D eigenvalue weighted by molar-refractivity contribution is 14.1. The average Bonchev–Trinajstić information content (AvgIpc) is 2.65. The minimum atomic E-state index is -0.369. The molecule has 0 radical (unpaired) electrons. The fourth-order valence-corrected chi connectivity index (χ4v) is 3.50. The van der Waals surface area contributed by atoms with Gasteiger partial charge >= 0.3 is 5.69 Å². The summed E-state index contributed by atoms with van der Waals surface area (Å²) in [6.45, 7) is 5.55. The van der Waals surface area contributed by atoms with Crippen molar-refractivity contribution in [2.45, 2.75) is 19.4 Å². The molecular weight excluding hydrogens is 440 g/mol. The summed E-state index contributed by atoms with van der Waals surface area (Å²) in [6, 6.07) is 6.12. The largest absolute Gasteiger partial charge is 0.354 e. The number of piperazine rings is 1. The smallest absolute Gasteiger partial charge is 0.347 e. The van der Waals surface area contributed by atoms with Crippen molar-refractivity contribution in [3.05, 3.63) is 48.9 Å². The number of aromatic nitrogens is 4. The number of hydrogen-bond acceptors (Lipinski definition) is 6. The van der Waals surface area contributed by atoms with Gasteiger partial charge in [-0.3, -0.25) is 14.3 Å². The molecule has 0 spiro atoms. The molecule has 9 heteroatoms. The molecule has 0 unspecified atom stereocenters. The first kappa shape index (κ1) is 19.0. The van der Waals surface area contributed by atoms with E-state index in [2.05, 4.69) is 48.5 Å². The minimum Gasteiger partial charge on any atom is -0.354 e. The first-order valence-electron chi connectivity index (χ1n) is 8.77.